The molecule has 2 aliphatic heterocycles. The normalized spacial score (nSPS) is 36.0. The van der Waals surface area contributed by atoms with E-state index in [-0.39, 0.29) is 0 Å². The summed E-state index contributed by atoms with van der Waals surface area (Å²) in [6.07, 6.45) is 5.49. The van der Waals surface area contributed by atoms with Crippen LogP contribution in [0.15, 0.2) is 0 Å². The molecule has 0 aromatic heterocycles. The number of rotatable bonds is 4. The molecule has 100 valence electrons. The lowest BCUT2D eigenvalue weighted by atomic mass is 9.98. The summed E-state index contributed by atoms with van der Waals surface area (Å²) in [5.74, 6) is 0.774. The smallest absolute Gasteiger partial charge is 0.0613 e. The van der Waals surface area contributed by atoms with Crippen LogP contribution in [0.25, 0.3) is 0 Å². The summed E-state index contributed by atoms with van der Waals surface area (Å²) < 4.78 is 5.80. The molecule has 1 N–H and O–H groups in total. The molecule has 0 aromatic rings. The van der Waals surface area contributed by atoms with Gasteiger partial charge in [-0.05, 0) is 44.7 Å². The van der Waals surface area contributed by atoms with Crippen LogP contribution in [0.4, 0.5) is 0 Å². The lowest BCUT2D eigenvalue weighted by molar-refractivity contribution is 0.0751. The zero-order chi connectivity index (χ0) is 12.1. The summed E-state index contributed by atoms with van der Waals surface area (Å²) in [5.41, 5.74) is 0. The third-order valence-corrected chi connectivity index (χ3v) is 4.30. The first-order valence-corrected chi connectivity index (χ1v) is 7.40. The zero-order valence-electron chi connectivity index (χ0n) is 11.5. The van der Waals surface area contributed by atoms with Gasteiger partial charge in [0.2, 0.25) is 0 Å². The van der Waals surface area contributed by atoms with Gasteiger partial charge in [0.1, 0.15) is 0 Å². The van der Waals surface area contributed by atoms with E-state index in [1.807, 2.05) is 0 Å². The largest absolute Gasteiger partial charge is 0.378 e. The zero-order valence-corrected chi connectivity index (χ0v) is 11.5. The molecule has 3 atom stereocenters. The highest BCUT2D eigenvalue weighted by molar-refractivity contribution is 4.82. The fraction of sp³-hybridized carbons (Fsp3) is 1.00. The Labute approximate surface area is 106 Å². The van der Waals surface area contributed by atoms with E-state index in [2.05, 4.69) is 24.1 Å². The van der Waals surface area contributed by atoms with Gasteiger partial charge in [-0.25, -0.2) is 0 Å². The topological polar surface area (TPSA) is 24.5 Å². The van der Waals surface area contributed by atoms with Crippen LogP contribution in [0.3, 0.4) is 0 Å². The standard InChI is InChI=1S/C14H28N2O/c1-3-13-11-16(8-5-7-15-13)10-12-6-9-17-14(12)4-2/h12-15H,3-11H2,1-2H3. The molecular weight excluding hydrogens is 212 g/mol. The minimum absolute atomic E-state index is 0.520. The van der Waals surface area contributed by atoms with E-state index in [4.69, 9.17) is 4.74 Å². The Morgan fingerprint density at radius 1 is 1.29 bits per heavy atom. The van der Waals surface area contributed by atoms with Crippen molar-refractivity contribution in [1.29, 1.82) is 0 Å². The predicted molar refractivity (Wildman–Crippen MR) is 71.3 cm³/mol. The molecule has 3 unspecified atom stereocenters. The number of hydrogen-bond acceptors (Lipinski definition) is 3. The van der Waals surface area contributed by atoms with Gasteiger partial charge in [0.05, 0.1) is 6.10 Å². The summed E-state index contributed by atoms with van der Waals surface area (Å²) in [6, 6.07) is 0.694. The maximum absolute atomic E-state index is 5.80. The fourth-order valence-corrected chi connectivity index (χ4v) is 3.20. The molecule has 17 heavy (non-hydrogen) atoms. The molecule has 0 aliphatic carbocycles. The third kappa shape index (κ3) is 3.67. The van der Waals surface area contributed by atoms with E-state index in [1.165, 1.54) is 51.9 Å². The molecule has 3 heteroatoms. The minimum atomic E-state index is 0.520. The lowest BCUT2D eigenvalue weighted by Gasteiger charge is -2.28. The Bertz CT molecular complexity index is 222. The van der Waals surface area contributed by atoms with Gasteiger partial charge in [-0.1, -0.05) is 13.8 Å². The molecule has 2 heterocycles. The Morgan fingerprint density at radius 3 is 2.94 bits per heavy atom. The van der Waals surface area contributed by atoms with Gasteiger partial charge in [0.15, 0.2) is 0 Å². The van der Waals surface area contributed by atoms with E-state index >= 15 is 0 Å². The molecule has 0 aromatic carbocycles. The second-order valence-corrected chi connectivity index (χ2v) is 5.54. The molecule has 2 rings (SSSR count). The van der Waals surface area contributed by atoms with Crippen molar-refractivity contribution < 1.29 is 4.74 Å². The maximum atomic E-state index is 5.80. The maximum Gasteiger partial charge on any atom is 0.0613 e. The average molecular weight is 240 g/mol. The van der Waals surface area contributed by atoms with Gasteiger partial charge < -0.3 is 15.0 Å². The monoisotopic (exact) mass is 240 g/mol. The van der Waals surface area contributed by atoms with Crippen LogP contribution in [0, 0.1) is 5.92 Å². The molecular formula is C14H28N2O. The first kappa shape index (κ1) is 13.3. The number of nitrogens with one attached hydrogen (secondary N) is 1. The summed E-state index contributed by atoms with van der Waals surface area (Å²) in [7, 11) is 0. The molecule has 0 amide bonds. The van der Waals surface area contributed by atoms with Crippen LogP contribution in [0.2, 0.25) is 0 Å². The van der Waals surface area contributed by atoms with Crippen LogP contribution in [-0.4, -0.2) is 49.8 Å². The van der Waals surface area contributed by atoms with Gasteiger partial charge in [-0.2, -0.15) is 0 Å². The first-order valence-electron chi connectivity index (χ1n) is 7.40. The second-order valence-electron chi connectivity index (χ2n) is 5.54. The highest BCUT2D eigenvalue weighted by Gasteiger charge is 2.29. The van der Waals surface area contributed by atoms with Crippen LogP contribution >= 0.6 is 0 Å². The number of nitrogens with zero attached hydrogens (tertiary/aromatic N) is 1. The second kappa shape index (κ2) is 6.72. The molecule has 3 nitrogen and oxygen atoms in total. The third-order valence-electron chi connectivity index (χ3n) is 4.30. The molecule has 2 fully saturated rings. The van der Waals surface area contributed by atoms with E-state index in [0.29, 0.717) is 12.1 Å². The quantitative estimate of drug-likeness (QED) is 0.812. The van der Waals surface area contributed by atoms with E-state index in [1.54, 1.807) is 0 Å². The summed E-state index contributed by atoms with van der Waals surface area (Å²) in [5, 5.41) is 3.64. The van der Waals surface area contributed by atoms with Gasteiger partial charge >= 0.3 is 0 Å². The molecule has 0 radical (unpaired) electrons. The molecule has 2 aliphatic rings. The van der Waals surface area contributed by atoms with Crippen molar-refractivity contribution in [2.75, 3.05) is 32.8 Å². The molecule has 0 spiro atoms. The van der Waals surface area contributed by atoms with E-state index < -0.39 is 0 Å². The van der Waals surface area contributed by atoms with Crippen molar-refractivity contribution >= 4 is 0 Å². The molecule has 0 bridgehead atoms. The van der Waals surface area contributed by atoms with Crippen molar-refractivity contribution in [2.24, 2.45) is 5.92 Å². The highest BCUT2D eigenvalue weighted by atomic mass is 16.5. The van der Waals surface area contributed by atoms with Crippen molar-refractivity contribution in [3.05, 3.63) is 0 Å². The average Bonchev–Trinajstić information content (AvgIpc) is 2.66. The highest BCUT2D eigenvalue weighted by Crippen LogP contribution is 2.24. The van der Waals surface area contributed by atoms with E-state index in [0.717, 1.165) is 12.5 Å². The summed E-state index contributed by atoms with van der Waals surface area (Å²) in [4.78, 5) is 2.66. The number of ether oxygens (including phenoxy) is 1. The van der Waals surface area contributed by atoms with Gasteiger partial charge in [0, 0.05) is 25.7 Å². The lowest BCUT2D eigenvalue weighted by Crippen LogP contribution is -2.40. The Morgan fingerprint density at radius 2 is 2.18 bits per heavy atom. The molecule has 0 saturated carbocycles. The summed E-state index contributed by atoms with van der Waals surface area (Å²) in [6.45, 7) is 10.4. The Kier molecular flexibility index (Phi) is 5.26. The van der Waals surface area contributed by atoms with Crippen molar-refractivity contribution in [3.8, 4) is 0 Å². The van der Waals surface area contributed by atoms with Crippen LogP contribution in [-0.2, 0) is 4.74 Å². The Hall–Kier alpha value is -0.120. The van der Waals surface area contributed by atoms with Crippen LogP contribution in [0.1, 0.15) is 39.5 Å². The van der Waals surface area contributed by atoms with Crippen LogP contribution < -0.4 is 5.32 Å². The number of hydrogen-bond donors (Lipinski definition) is 1. The predicted octanol–water partition coefficient (Wildman–Crippen LogP) is 1.88. The Balaban J connectivity index is 1.84. The summed E-state index contributed by atoms with van der Waals surface area (Å²) >= 11 is 0. The minimum Gasteiger partial charge on any atom is -0.378 e. The van der Waals surface area contributed by atoms with E-state index in [9.17, 15) is 0 Å². The van der Waals surface area contributed by atoms with Crippen LogP contribution in [0.5, 0.6) is 0 Å². The van der Waals surface area contributed by atoms with Crippen molar-refractivity contribution in [2.45, 2.75) is 51.7 Å². The van der Waals surface area contributed by atoms with Gasteiger partial charge in [-0.15, -0.1) is 0 Å². The van der Waals surface area contributed by atoms with Gasteiger partial charge in [0.25, 0.3) is 0 Å². The van der Waals surface area contributed by atoms with Crippen molar-refractivity contribution in [1.82, 2.24) is 10.2 Å². The molecule has 2 saturated heterocycles. The fourth-order valence-electron chi connectivity index (χ4n) is 3.20. The van der Waals surface area contributed by atoms with Crippen molar-refractivity contribution in [3.63, 3.8) is 0 Å². The first-order chi connectivity index (χ1) is 8.33. The SMILES string of the molecule is CCC1CN(CC2CCOC2CC)CCCN1. The van der Waals surface area contributed by atoms with Gasteiger partial charge in [-0.3, -0.25) is 0 Å².